The molecule has 1 heterocycles. The molecule has 0 atom stereocenters. The molecule has 2 aromatic rings. The Morgan fingerprint density at radius 3 is 2.50 bits per heavy atom. The summed E-state index contributed by atoms with van der Waals surface area (Å²) < 4.78 is 0. The number of rotatable bonds is 7. The highest BCUT2D eigenvalue weighted by atomic mass is 16.3. The molecule has 0 aliphatic rings. The van der Waals surface area contributed by atoms with E-state index in [0.717, 1.165) is 17.8 Å². The average Bonchev–Trinajstić information content (AvgIpc) is 2.55. The fourth-order valence-corrected chi connectivity index (χ4v) is 2.53. The van der Waals surface area contributed by atoms with Gasteiger partial charge in [-0.2, -0.15) is 0 Å². The van der Waals surface area contributed by atoms with Gasteiger partial charge in [0, 0.05) is 30.3 Å². The van der Waals surface area contributed by atoms with Crippen molar-refractivity contribution in [1.82, 2.24) is 9.88 Å². The van der Waals surface area contributed by atoms with Crippen molar-refractivity contribution >= 4 is 0 Å². The summed E-state index contributed by atoms with van der Waals surface area (Å²) in [5, 5.41) is 18.8. The highest BCUT2D eigenvalue weighted by Gasteiger charge is 2.24. The molecule has 4 nitrogen and oxygen atoms in total. The molecule has 0 amide bonds. The monoisotopic (exact) mass is 300 g/mol. The Kier molecular flexibility index (Phi) is 5.66. The standard InChI is InChI=1S/C18H24N2O2/c1-18(13-21,14-22)12-20(2)11-15-6-5-7-16(10-15)17-8-3-4-9-19-17/h3-10,21-22H,11-14H2,1-2H3. The zero-order chi connectivity index (χ0) is 16.0. The zero-order valence-electron chi connectivity index (χ0n) is 13.2. The molecule has 1 aromatic carbocycles. The van der Waals surface area contributed by atoms with Crippen LogP contribution in [0, 0.1) is 5.41 Å². The van der Waals surface area contributed by atoms with Crippen LogP contribution in [0.1, 0.15) is 12.5 Å². The second-order valence-corrected chi connectivity index (χ2v) is 6.21. The van der Waals surface area contributed by atoms with E-state index in [2.05, 4.69) is 28.1 Å². The van der Waals surface area contributed by atoms with Crippen LogP contribution < -0.4 is 0 Å². The molecule has 1 aromatic heterocycles. The van der Waals surface area contributed by atoms with Gasteiger partial charge < -0.3 is 15.1 Å². The predicted octanol–water partition coefficient (Wildman–Crippen LogP) is 2.17. The van der Waals surface area contributed by atoms with Crippen molar-refractivity contribution in [3.05, 3.63) is 54.2 Å². The van der Waals surface area contributed by atoms with Crippen LogP contribution in [0.15, 0.2) is 48.7 Å². The molecule has 0 spiro atoms. The molecule has 22 heavy (non-hydrogen) atoms. The number of nitrogens with zero attached hydrogens (tertiary/aromatic N) is 2. The van der Waals surface area contributed by atoms with Crippen molar-refractivity contribution < 1.29 is 10.2 Å². The summed E-state index contributed by atoms with van der Waals surface area (Å²) in [7, 11) is 2.00. The fourth-order valence-electron chi connectivity index (χ4n) is 2.53. The van der Waals surface area contributed by atoms with E-state index in [1.165, 1.54) is 5.56 Å². The van der Waals surface area contributed by atoms with Crippen molar-refractivity contribution in [3.63, 3.8) is 0 Å². The largest absolute Gasteiger partial charge is 0.396 e. The number of hydrogen-bond acceptors (Lipinski definition) is 4. The molecule has 118 valence electrons. The molecule has 2 rings (SSSR count). The second-order valence-electron chi connectivity index (χ2n) is 6.21. The minimum atomic E-state index is -0.479. The highest BCUT2D eigenvalue weighted by Crippen LogP contribution is 2.20. The lowest BCUT2D eigenvalue weighted by molar-refractivity contribution is 0.0402. The Morgan fingerprint density at radius 2 is 1.86 bits per heavy atom. The Bertz CT molecular complexity index is 583. The van der Waals surface area contributed by atoms with Crippen LogP contribution in [-0.2, 0) is 6.54 Å². The van der Waals surface area contributed by atoms with Gasteiger partial charge in [0.1, 0.15) is 0 Å². The van der Waals surface area contributed by atoms with Gasteiger partial charge >= 0.3 is 0 Å². The van der Waals surface area contributed by atoms with Gasteiger partial charge in [0.05, 0.1) is 18.9 Å². The summed E-state index contributed by atoms with van der Waals surface area (Å²) >= 11 is 0. The van der Waals surface area contributed by atoms with Crippen molar-refractivity contribution in [1.29, 1.82) is 0 Å². The molecular formula is C18H24N2O2. The molecule has 0 saturated heterocycles. The summed E-state index contributed by atoms with van der Waals surface area (Å²) in [6.07, 6.45) is 1.79. The number of aliphatic hydroxyl groups is 2. The van der Waals surface area contributed by atoms with Gasteiger partial charge in [0.15, 0.2) is 0 Å². The van der Waals surface area contributed by atoms with Gasteiger partial charge in [-0.1, -0.05) is 31.2 Å². The SMILES string of the molecule is CN(Cc1cccc(-c2ccccn2)c1)CC(C)(CO)CO. The molecule has 2 N–H and O–H groups in total. The maximum Gasteiger partial charge on any atom is 0.0702 e. The lowest BCUT2D eigenvalue weighted by Crippen LogP contribution is -2.38. The first kappa shape index (κ1) is 16.6. The van der Waals surface area contributed by atoms with Gasteiger partial charge in [-0.05, 0) is 30.8 Å². The first-order valence-electron chi connectivity index (χ1n) is 7.47. The van der Waals surface area contributed by atoms with E-state index in [-0.39, 0.29) is 13.2 Å². The highest BCUT2D eigenvalue weighted by molar-refractivity contribution is 5.59. The van der Waals surface area contributed by atoms with Gasteiger partial charge in [-0.25, -0.2) is 0 Å². The van der Waals surface area contributed by atoms with Gasteiger partial charge in [-0.3, -0.25) is 4.98 Å². The summed E-state index contributed by atoms with van der Waals surface area (Å²) in [6.45, 7) is 3.22. The molecule has 0 radical (unpaired) electrons. The van der Waals surface area contributed by atoms with E-state index in [4.69, 9.17) is 0 Å². The van der Waals surface area contributed by atoms with Crippen LogP contribution in [0.5, 0.6) is 0 Å². The molecule has 0 aliphatic carbocycles. The molecule has 0 bridgehead atoms. The number of aliphatic hydroxyl groups excluding tert-OH is 2. The number of aromatic nitrogens is 1. The third-order valence-corrected chi connectivity index (χ3v) is 3.76. The minimum Gasteiger partial charge on any atom is -0.396 e. The van der Waals surface area contributed by atoms with Crippen LogP contribution in [0.25, 0.3) is 11.3 Å². The molecule has 0 aliphatic heterocycles. The minimum absolute atomic E-state index is 0.0260. The average molecular weight is 300 g/mol. The van der Waals surface area contributed by atoms with E-state index in [1.807, 2.05) is 38.2 Å². The van der Waals surface area contributed by atoms with Crippen molar-refractivity contribution in [3.8, 4) is 11.3 Å². The Morgan fingerprint density at radius 1 is 1.09 bits per heavy atom. The van der Waals surface area contributed by atoms with Crippen LogP contribution in [0.3, 0.4) is 0 Å². The third kappa shape index (κ3) is 4.37. The first-order chi connectivity index (χ1) is 10.6. The summed E-state index contributed by atoms with van der Waals surface area (Å²) in [6, 6.07) is 14.2. The molecule has 4 heteroatoms. The van der Waals surface area contributed by atoms with Gasteiger partial charge in [-0.15, -0.1) is 0 Å². The smallest absolute Gasteiger partial charge is 0.0702 e. The maximum absolute atomic E-state index is 9.40. The predicted molar refractivity (Wildman–Crippen MR) is 88.3 cm³/mol. The zero-order valence-corrected chi connectivity index (χ0v) is 13.2. The van der Waals surface area contributed by atoms with Gasteiger partial charge in [0.25, 0.3) is 0 Å². The van der Waals surface area contributed by atoms with E-state index in [0.29, 0.717) is 6.54 Å². The lowest BCUT2D eigenvalue weighted by atomic mass is 9.92. The molecule has 0 saturated carbocycles. The second kappa shape index (κ2) is 7.49. The van der Waals surface area contributed by atoms with E-state index in [9.17, 15) is 10.2 Å². The fraction of sp³-hybridized carbons (Fsp3) is 0.389. The Balaban J connectivity index is 2.08. The molecular weight excluding hydrogens is 276 g/mol. The van der Waals surface area contributed by atoms with Crippen LogP contribution in [-0.4, -0.2) is 46.9 Å². The summed E-state index contributed by atoms with van der Waals surface area (Å²) in [4.78, 5) is 6.49. The third-order valence-electron chi connectivity index (χ3n) is 3.76. The normalized spacial score (nSPS) is 11.9. The van der Waals surface area contributed by atoms with E-state index >= 15 is 0 Å². The van der Waals surface area contributed by atoms with E-state index < -0.39 is 5.41 Å². The summed E-state index contributed by atoms with van der Waals surface area (Å²) in [5.41, 5.74) is 2.76. The first-order valence-corrected chi connectivity index (χ1v) is 7.47. The van der Waals surface area contributed by atoms with Crippen LogP contribution in [0.2, 0.25) is 0 Å². The van der Waals surface area contributed by atoms with Crippen molar-refractivity contribution in [2.45, 2.75) is 13.5 Å². The topological polar surface area (TPSA) is 56.6 Å². The lowest BCUT2D eigenvalue weighted by Gasteiger charge is -2.30. The number of pyridine rings is 1. The van der Waals surface area contributed by atoms with E-state index in [1.54, 1.807) is 6.20 Å². The van der Waals surface area contributed by atoms with Crippen LogP contribution in [0.4, 0.5) is 0 Å². The maximum atomic E-state index is 9.40. The summed E-state index contributed by atoms with van der Waals surface area (Å²) in [5.74, 6) is 0. The molecule has 0 unspecified atom stereocenters. The number of hydrogen-bond donors (Lipinski definition) is 2. The Hall–Kier alpha value is -1.75. The quantitative estimate of drug-likeness (QED) is 0.823. The van der Waals surface area contributed by atoms with Crippen molar-refractivity contribution in [2.75, 3.05) is 26.8 Å². The number of benzene rings is 1. The Labute approximate surface area is 132 Å². The van der Waals surface area contributed by atoms with Crippen LogP contribution >= 0.6 is 0 Å². The van der Waals surface area contributed by atoms with Crippen molar-refractivity contribution in [2.24, 2.45) is 5.41 Å². The van der Waals surface area contributed by atoms with Gasteiger partial charge in [0.2, 0.25) is 0 Å². The molecule has 0 fully saturated rings.